The van der Waals surface area contributed by atoms with E-state index in [9.17, 15) is 9.00 Å². The average molecular weight is 387 g/mol. The van der Waals surface area contributed by atoms with Gasteiger partial charge < -0.3 is 4.90 Å². The molecular weight excluding hydrogens is 356 g/mol. The summed E-state index contributed by atoms with van der Waals surface area (Å²) in [7, 11) is 4.38. The van der Waals surface area contributed by atoms with Crippen molar-refractivity contribution in [3.63, 3.8) is 0 Å². The molecule has 0 aliphatic heterocycles. The maximum absolute atomic E-state index is 12.3. The zero-order valence-electron chi connectivity index (χ0n) is 16.6. The molecule has 0 aliphatic rings. The van der Waals surface area contributed by atoms with Crippen molar-refractivity contribution in [1.29, 1.82) is 0 Å². The molecule has 0 saturated carbocycles. The summed E-state index contributed by atoms with van der Waals surface area (Å²) in [6, 6.07) is 18.2. The van der Waals surface area contributed by atoms with Crippen LogP contribution in [0.4, 0.5) is 0 Å². The van der Waals surface area contributed by atoms with E-state index in [1.54, 1.807) is 18.4 Å². The summed E-state index contributed by atoms with van der Waals surface area (Å²) >= 11 is 0. The number of aryl methyl sites for hydroxylation is 2. The number of amides is 1. The molecule has 0 fully saturated rings. The second-order valence-electron chi connectivity index (χ2n) is 6.96. The normalized spacial score (nSPS) is 12.1. The van der Waals surface area contributed by atoms with Gasteiger partial charge in [-0.15, -0.1) is 0 Å². The van der Waals surface area contributed by atoms with E-state index >= 15 is 0 Å². The molecule has 2 aromatic rings. The van der Waals surface area contributed by atoms with E-state index in [1.807, 2.05) is 42.3 Å². The highest BCUT2D eigenvalue weighted by molar-refractivity contribution is 7.82. The summed E-state index contributed by atoms with van der Waals surface area (Å²) in [5.41, 5.74) is 2.49. The highest BCUT2D eigenvalue weighted by Crippen LogP contribution is 2.13. The van der Waals surface area contributed by atoms with Crippen LogP contribution in [0.25, 0.3) is 0 Å². The van der Waals surface area contributed by atoms with Crippen LogP contribution in [-0.2, 0) is 28.6 Å². The number of carbonyl (C=O) groups excluding carboxylic acids is 1. The predicted molar refractivity (Wildman–Crippen MR) is 112 cm³/mol. The van der Waals surface area contributed by atoms with Gasteiger partial charge in [-0.25, -0.2) is 8.51 Å². The summed E-state index contributed by atoms with van der Waals surface area (Å²) in [4.78, 5) is 14.9. The van der Waals surface area contributed by atoms with E-state index in [4.69, 9.17) is 0 Å². The number of hydrogen-bond donors (Lipinski definition) is 0. The quantitative estimate of drug-likeness (QED) is 0.625. The smallest absolute Gasteiger partial charge is 0.222 e. The van der Waals surface area contributed by atoms with Gasteiger partial charge in [0.2, 0.25) is 5.91 Å². The van der Waals surface area contributed by atoms with E-state index in [2.05, 4.69) is 24.3 Å². The van der Waals surface area contributed by atoms with E-state index in [0.29, 0.717) is 6.42 Å². The molecule has 1 unspecified atom stereocenters. The standard InChI is InChI=1S/C22H30N2O2S/c1-23(2)27(26)21-16-14-20(15-17-21)11-7-13-22(25)24(3)18-8-12-19-9-5-4-6-10-19/h4-6,9-10,14-17H,7-8,11-13,18H2,1-3H3. The fraction of sp³-hybridized carbons (Fsp3) is 0.409. The summed E-state index contributed by atoms with van der Waals surface area (Å²) in [5, 5.41) is 0. The van der Waals surface area contributed by atoms with Crippen molar-refractivity contribution in [2.24, 2.45) is 0 Å². The van der Waals surface area contributed by atoms with Crippen LogP contribution in [-0.4, -0.2) is 47.0 Å². The first-order valence-electron chi connectivity index (χ1n) is 9.43. The molecule has 27 heavy (non-hydrogen) atoms. The zero-order chi connectivity index (χ0) is 19.6. The van der Waals surface area contributed by atoms with Gasteiger partial charge in [-0.1, -0.05) is 42.5 Å². The Labute approximate surface area is 165 Å². The van der Waals surface area contributed by atoms with Crippen molar-refractivity contribution in [1.82, 2.24) is 9.21 Å². The van der Waals surface area contributed by atoms with Crippen molar-refractivity contribution in [2.75, 3.05) is 27.7 Å². The third kappa shape index (κ3) is 7.27. The predicted octanol–water partition coefficient (Wildman–Crippen LogP) is 3.68. The van der Waals surface area contributed by atoms with Crippen molar-refractivity contribution < 1.29 is 9.00 Å². The van der Waals surface area contributed by atoms with Crippen molar-refractivity contribution in [3.05, 3.63) is 65.7 Å². The molecule has 2 rings (SSSR count). The Morgan fingerprint density at radius 2 is 1.44 bits per heavy atom. The van der Waals surface area contributed by atoms with Crippen LogP contribution >= 0.6 is 0 Å². The van der Waals surface area contributed by atoms with Gasteiger partial charge in [0.15, 0.2) is 0 Å². The summed E-state index contributed by atoms with van der Waals surface area (Å²) in [6.07, 6.45) is 4.24. The van der Waals surface area contributed by atoms with Gasteiger partial charge >= 0.3 is 0 Å². The fourth-order valence-corrected chi connectivity index (χ4v) is 3.70. The lowest BCUT2D eigenvalue weighted by atomic mass is 10.1. The summed E-state index contributed by atoms with van der Waals surface area (Å²) < 4.78 is 13.7. The van der Waals surface area contributed by atoms with Gasteiger partial charge in [0.1, 0.15) is 11.0 Å². The monoisotopic (exact) mass is 386 g/mol. The fourth-order valence-electron chi connectivity index (χ4n) is 2.91. The molecule has 146 valence electrons. The van der Waals surface area contributed by atoms with E-state index in [1.165, 1.54) is 11.1 Å². The van der Waals surface area contributed by atoms with Crippen molar-refractivity contribution >= 4 is 16.9 Å². The van der Waals surface area contributed by atoms with Gasteiger partial charge in [-0.2, -0.15) is 0 Å². The van der Waals surface area contributed by atoms with Crippen LogP contribution in [0.1, 0.15) is 30.4 Å². The molecule has 0 N–H and O–H groups in total. The molecular formula is C22H30N2O2S. The van der Waals surface area contributed by atoms with Crippen LogP contribution in [0.3, 0.4) is 0 Å². The van der Waals surface area contributed by atoms with Crippen LogP contribution in [0.15, 0.2) is 59.5 Å². The maximum Gasteiger partial charge on any atom is 0.222 e. The van der Waals surface area contributed by atoms with E-state index in [0.717, 1.165) is 37.1 Å². The summed E-state index contributed by atoms with van der Waals surface area (Å²) in [5.74, 6) is 0.202. The zero-order valence-corrected chi connectivity index (χ0v) is 17.4. The molecule has 0 bridgehead atoms. The molecule has 4 nitrogen and oxygen atoms in total. The van der Waals surface area contributed by atoms with Crippen LogP contribution < -0.4 is 0 Å². The number of nitrogens with zero attached hydrogens (tertiary/aromatic N) is 2. The Morgan fingerprint density at radius 1 is 0.852 bits per heavy atom. The first-order chi connectivity index (χ1) is 13.0. The Kier molecular flexibility index (Phi) is 8.69. The highest BCUT2D eigenvalue weighted by Gasteiger charge is 2.09. The van der Waals surface area contributed by atoms with Crippen LogP contribution in [0.5, 0.6) is 0 Å². The van der Waals surface area contributed by atoms with Gasteiger partial charge in [-0.3, -0.25) is 4.79 Å². The lowest BCUT2D eigenvalue weighted by molar-refractivity contribution is -0.130. The van der Waals surface area contributed by atoms with Gasteiger partial charge in [0.05, 0.1) is 4.90 Å². The highest BCUT2D eigenvalue weighted by atomic mass is 32.2. The Bertz CT molecular complexity index is 730. The number of rotatable bonds is 10. The van der Waals surface area contributed by atoms with E-state index in [-0.39, 0.29) is 5.91 Å². The second-order valence-corrected chi connectivity index (χ2v) is 8.66. The largest absolute Gasteiger partial charge is 0.346 e. The van der Waals surface area contributed by atoms with Gasteiger partial charge in [0, 0.05) is 20.0 Å². The SMILES string of the molecule is CN(CCCc1ccccc1)C(=O)CCCc1ccc(S(=O)N(C)C)cc1. The topological polar surface area (TPSA) is 40.6 Å². The van der Waals surface area contributed by atoms with Gasteiger partial charge in [-0.05, 0) is 63.0 Å². The molecule has 5 heteroatoms. The first-order valence-corrected chi connectivity index (χ1v) is 10.5. The molecule has 2 aromatic carbocycles. The van der Waals surface area contributed by atoms with Crippen molar-refractivity contribution in [3.8, 4) is 0 Å². The molecule has 0 aromatic heterocycles. The average Bonchev–Trinajstić information content (AvgIpc) is 2.68. The summed E-state index contributed by atoms with van der Waals surface area (Å²) in [6.45, 7) is 0.790. The third-order valence-electron chi connectivity index (χ3n) is 4.54. The number of carbonyl (C=O) groups is 1. The molecule has 0 spiro atoms. The molecule has 0 heterocycles. The Balaban J connectivity index is 1.68. The molecule has 1 amide bonds. The lowest BCUT2D eigenvalue weighted by Gasteiger charge is -2.17. The van der Waals surface area contributed by atoms with Crippen LogP contribution in [0, 0.1) is 0 Å². The second kappa shape index (κ2) is 11.0. The van der Waals surface area contributed by atoms with Crippen LogP contribution in [0.2, 0.25) is 0 Å². The Hall–Kier alpha value is -1.98. The maximum atomic E-state index is 12.3. The van der Waals surface area contributed by atoms with E-state index < -0.39 is 11.0 Å². The first kappa shape index (κ1) is 21.3. The molecule has 1 atom stereocenters. The lowest BCUT2D eigenvalue weighted by Crippen LogP contribution is -2.27. The molecule has 0 radical (unpaired) electrons. The minimum Gasteiger partial charge on any atom is -0.346 e. The number of benzene rings is 2. The molecule has 0 saturated heterocycles. The molecule has 0 aliphatic carbocycles. The minimum atomic E-state index is -1.11. The van der Waals surface area contributed by atoms with Gasteiger partial charge in [0.25, 0.3) is 0 Å². The Morgan fingerprint density at radius 3 is 2.07 bits per heavy atom. The van der Waals surface area contributed by atoms with Crippen molar-refractivity contribution in [2.45, 2.75) is 37.0 Å². The third-order valence-corrected chi connectivity index (χ3v) is 5.88. The minimum absolute atomic E-state index is 0.202. The number of hydrogen-bond acceptors (Lipinski definition) is 2.